The standard InChI is InChI=1S/C21H25N3O3.C13H15F3N4S.C12H9NO.C7H14.C6H12O.CH2O3.CH4.2Cs.H/c1-13-15(12-25)5-6-19-18(13)9-17(10-22)24(19)11-14-7-16(8-14)23-20(26)27-21(2,3)4;14-13(15,16)6-9-5-10-11(18-7-19-12(10)21-9)20-8-1-3-17-4-2-8;1-8-11(7-14)3-2-10-4-9(6-13)5-12(8)10;1-3-7-4-6(2)5-7;1-5-2-6(3-5)4-7;2-1-4-3;;;;/h5-6,9,12,14,16H,7-8,11H2,1-4H3,(H,23,26);5,7-8,17H,1-4,6H2,(H,18,19,20);2-3,5,7H,4H2,1H3;6-7H,3-5H2,1-2H3;5-7H,2-4H2,1H3;1,3H;1H4;;;/q;;;;;;;2*+1;-1/p-1. The Labute approximate surface area is 610 Å². The molecule has 3 aromatic heterocycles. The van der Waals surface area contributed by atoms with E-state index in [2.05, 4.69) is 63.7 Å². The van der Waals surface area contributed by atoms with E-state index in [1.807, 2.05) is 69.5 Å². The number of aromatic nitrogens is 3. The second-order valence-corrected chi connectivity index (χ2v) is 23.6. The summed E-state index contributed by atoms with van der Waals surface area (Å²) in [4.78, 5) is 54.1. The molecule has 4 aliphatic carbocycles. The maximum atomic E-state index is 12.5. The third-order valence-corrected chi connectivity index (χ3v) is 15.9. The average molecular weight is 1410 g/mol. The van der Waals surface area contributed by atoms with E-state index in [4.69, 9.17) is 25.2 Å². The number of aliphatic hydroxyl groups excluding tert-OH is 1. The number of piperidine rings is 1. The van der Waals surface area contributed by atoms with Crippen molar-refractivity contribution in [3.05, 3.63) is 92.3 Å². The number of hydrogen-bond donors (Lipinski definition) is 4. The minimum Gasteiger partial charge on any atom is -1.00 e. The molecule has 0 radical (unpaired) electrons. The van der Waals surface area contributed by atoms with Crippen molar-refractivity contribution in [2.24, 2.45) is 29.6 Å². The first-order chi connectivity index (χ1) is 38.0. The Morgan fingerprint density at radius 2 is 1.49 bits per heavy atom. The second kappa shape index (κ2) is 37.3. The summed E-state index contributed by atoms with van der Waals surface area (Å²) in [5, 5.41) is 46.3. The molecule has 16 nitrogen and oxygen atoms in total. The summed E-state index contributed by atoms with van der Waals surface area (Å²) in [5.74, 6) is 4.70. The first-order valence-electron chi connectivity index (χ1n) is 27.3. The van der Waals surface area contributed by atoms with Crippen LogP contribution >= 0.6 is 11.3 Å². The number of nitriles is 2. The average Bonchev–Trinajstić information content (AvgIpc) is 4.14. The smallest absolute Gasteiger partial charge is 1.00 e. The number of hydrogen-bond acceptors (Lipinski definition) is 15. The molecule has 5 aliphatic rings. The number of aliphatic hydroxyl groups is 1. The van der Waals surface area contributed by atoms with Gasteiger partial charge in [-0.25, -0.2) is 14.8 Å². The van der Waals surface area contributed by atoms with Gasteiger partial charge in [-0.1, -0.05) is 46.8 Å². The van der Waals surface area contributed by atoms with Gasteiger partial charge in [0.2, 0.25) is 0 Å². The van der Waals surface area contributed by atoms with E-state index in [0.29, 0.717) is 63.8 Å². The monoisotopic (exact) mass is 1410 g/mol. The second-order valence-electron chi connectivity index (χ2n) is 22.5. The number of nitrogens with zero attached hydrogens (tertiary/aromatic N) is 5. The zero-order valence-corrected chi connectivity index (χ0v) is 62.5. The Hall–Kier alpha value is -2.61. The Bertz CT molecular complexity index is 2990. The van der Waals surface area contributed by atoms with Crippen molar-refractivity contribution in [1.29, 1.82) is 10.5 Å². The largest absolute Gasteiger partial charge is 1.00 e. The van der Waals surface area contributed by atoms with Gasteiger partial charge in [0.25, 0.3) is 6.47 Å². The number of aryl methyl sites for hydroxylation is 1. The van der Waals surface area contributed by atoms with E-state index in [-0.39, 0.29) is 170 Å². The van der Waals surface area contributed by atoms with Crippen LogP contribution in [0.5, 0.6) is 0 Å². The van der Waals surface area contributed by atoms with Crippen LogP contribution < -0.4 is 159 Å². The number of amides is 1. The van der Waals surface area contributed by atoms with Crippen molar-refractivity contribution in [3.8, 4) is 12.1 Å². The van der Waals surface area contributed by atoms with Gasteiger partial charge in [0.05, 0.1) is 17.9 Å². The number of thiophene rings is 1. The number of carbonyl (C=O) groups is 4. The molecule has 1 saturated heterocycles. The molecule has 0 atom stereocenters. The van der Waals surface area contributed by atoms with Crippen LogP contribution in [0.3, 0.4) is 0 Å². The van der Waals surface area contributed by atoms with Gasteiger partial charge < -0.3 is 41.9 Å². The van der Waals surface area contributed by atoms with E-state index in [0.717, 1.165) is 126 Å². The minimum absolute atomic E-state index is 0. The number of allylic oxidation sites excluding steroid dienone is 1. The quantitative estimate of drug-likeness (QED) is 0.0692. The topological polar surface area (TPSA) is 244 Å². The summed E-state index contributed by atoms with van der Waals surface area (Å²) >= 11 is 1.08. The van der Waals surface area contributed by atoms with Crippen LogP contribution in [-0.2, 0) is 33.8 Å². The van der Waals surface area contributed by atoms with Crippen molar-refractivity contribution in [3.63, 3.8) is 0 Å². The molecular formula is C61H81Cs2F3N8O8S. The van der Waals surface area contributed by atoms with Gasteiger partial charge in [0, 0.05) is 64.1 Å². The van der Waals surface area contributed by atoms with E-state index < -0.39 is 18.2 Å². The Morgan fingerprint density at radius 1 is 0.892 bits per heavy atom. The fraction of sp³-hybridized carbons (Fsp3) is 0.541. The molecule has 4 heterocycles. The molecule has 22 heteroatoms. The first kappa shape index (κ1) is 76.5. The van der Waals surface area contributed by atoms with Crippen LogP contribution in [0.25, 0.3) is 27.2 Å². The zero-order valence-electron chi connectivity index (χ0n) is 50.1. The third-order valence-electron chi connectivity index (χ3n) is 14.9. The molecule has 0 spiro atoms. The maximum Gasteiger partial charge on any atom is 1.00 e. The number of ether oxygens (including phenoxy) is 1. The SMILES string of the molecule is C.CC1CC(CO)C1.CCC1CC(C)C1.Cc1c(C=O)ccc2c1C=C(C#N)C2.Cc1c(C=O)ccc2c1cc(C#N)n2CC1CC(NC(=O)OC(C)(C)C)C1.FC(F)(F)Cc1cc2c(NC3CCNCC3)ncnc2s1.O=CO[O-].[Cs+].[Cs+].[H-]. The van der Waals surface area contributed by atoms with Crippen molar-refractivity contribution in [2.75, 3.05) is 25.0 Å². The Balaban J connectivity index is 0.000000549. The van der Waals surface area contributed by atoms with E-state index in [1.165, 1.54) is 38.4 Å². The molecule has 4 fully saturated rings. The number of nitrogens with one attached hydrogen (secondary N) is 3. The number of fused-ring (bicyclic) bond motifs is 3. The minimum atomic E-state index is -4.20. The number of rotatable bonds is 11. The predicted octanol–water partition coefficient (Wildman–Crippen LogP) is 5.83. The number of anilines is 1. The molecule has 3 saturated carbocycles. The van der Waals surface area contributed by atoms with Gasteiger partial charge in [-0.3, -0.25) is 14.4 Å². The third kappa shape index (κ3) is 24.1. The molecule has 5 aromatic rings. The van der Waals surface area contributed by atoms with Gasteiger partial charge in [0.1, 0.15) is 46.9 Å². The zero-order chi connectivity index (χ0) is 58.7. The Kier molecular flexibility index (Phi) is 34.4. The molecule has 442 valence electrons. The number of alkyl carbamates (subject to hydrolysis) is 1. The summed E-state index contributed by atoms with van der Waals surface area (Å²) < 4.78 is 44.8. The summed E-state index contributed by atoms with van der Waals surface area (Å²) in [6.07, 6.45) is 10.7. The molecule has 10 rings (SSSR count). The van der Waals surface area contributed by atoms with E-state index in [1.54, 1.807) is 12.1 Å². The number of carbonyl (C=O) groups excluding carboxylic acids is 4. The fourth-order valence-electron chi connectivity index (χ4n) is 10.5. The van der Waals surface area contributed by atoms with E-state index >= 15 is 0 Å². The summed E-state index contributed by atoms with van der Waals surface area (Å²) in [6, 6.07) is 15.7. The summed E-state index contributed by atoms with van der Waals surface area (Å²) in [5.41, 5.74) is 7.25. The molecule has 0 unspecified atom stereocenters. The van der Waals surface area contributed by atoms with Crippen molar-refractivity contribution in [1.82, 2.24) is 25.2 Å². The molecule has 4 N–H and O–H groups in total. The molecule has 1 aliphatic heterocycles. The van der Waals surface area contributed by atoms with Gasteiger partial charge >= 0.3 is 150 Å². The van der Waals surface area contributed by atoms with Gasteiger partial charge in [-0.05, 0) is 181 Å². The van der Waals surface area contributed by atoms with Gasteiger partial charge in [-0.2, -0.15) is 23.7 Å². The maximum absolute atomic E-state index is 12.5. The van der Waals surface area contributed by atoms with Crippen LogP contribution in [0.15, 0.2) is 48.3 Å². The van der Waals surface area contributed by atoms with Crippen LogP contribution in [0.4, 0.5) is 23.8 Å². The van der Waals surface area contributed by atoms with Crippen LogP contribution in [-0.4, -0.2) is 88.3 Å². The number of benzene rings is 2. The van der Waals surface area contributed by atoms with Crippen molar-refractivity contribution >= 4 is 69.5 Å². The first-order valence-corrected chi connectivity index (χ1v) is 28.1. The van der Waals surface area contributed by atoms with Gasteiger partial charge in [0.15, 0.2) is 0 Å². The molecular weight excluding hydrogens is 1330 g/mol. The predicted molar refractivity (Wildman–Crippen MR) is 309 cm³/mol. The number of halogens is 3. The van der Waals surface area contributed by atoms with Crippen LogP contribution in [0, 0.1) is 66.1 Å². The molecule has 83 heavy (non-hydrogen) atoms. The molecule has 0 bridgehead atoms. The number of alkyl halides is 3. The summed E-state index contributed by atoms with van der Waals surface area (Å²) in [7, 11) is 0. The van der Waals surface area contributed by atoms with Crippen molar-refractivity contribution in [2.45, 2.75) is 164 Å². The van der Waals surface area contributed by atoms with Crippen molar-refractivity contribution < 1.29 is 192 Å². The fourth-order valence-corrected chi connectivity index (χ4v) is 11.5. The van der Waals surface area contributed by atoms with Gasteiger partial charge in [-0.15, -0.1) is 11.3 Å². The summed E-state index contributed by atoms with van der Waals surface area (Å²) in [6.45, 7) is 19.0. The van der Waals surface area contributed by atoms with E-state index in [9.17, 15) is 32.8 Å². The molecule has 2 aromatic carbocycles. The van der Waals surface area contributed by atoms with Crippen LogP contribution in [0.1, 0.15) is 162 Å². The molecule has 1 amide bonds. The normalized spacial score (nSPS) is 19.9. The van der Waals surface area contributed by atoms with Crippen LogP contribution in [0.2, 0.25) is 0 Å². The number of aldehydes is 2. The Morgan fingerprint density at radius 3 is 2.00 bits per heavy atom.